The van der Waals surface area contributed by atoms with Crippen LogP contribution in [0.25, 0.3) is 0 Å². The minimum absolute atomic E-state index is 0.139. The number of nitrogens with zero attached hydrogens (tertiary/aromatic N) is 1. The highest BCUT2D eigenvalue weighted by Crippen LogP contribution is 2.28. The highest BCUT2D eigenvalue weighted by molar-refractivity contribution is 6.30. The minimum Gasteiger partial charge on any atom is -0.261 e. The van der Waals surface area contributed by atoms with Crippen molar-refractivity contribution in [3.63, 3.8) is 0 Å². The zero-order chi connectivity index (χ0) is 11.3. The van der Waals surface area contributed by atoms with Crippen LogP contribution in [0.2, 0.25) is 5.02 Å². The predicted octanol–water partition coefficient (Wildman–Crippen LogP) is 4.59. The van der Waals surface area contributed by atoms with Crippen LogP contribution in [-0.4, -0.2) is 4.98 Å². The van der Waals surface area contributed by atoms with E-state index in [1.54, 1.807) is 6.20 Å². The highest BCUT2D eigenvalue weighted by Gasteiger charge is 2.21. The van der Waals surface area contributed by atoms with Gasteiger partial charge in [0, 0.05) is 22.3 Å². The van der Waals surface area contributed by atoms with Gasteiger partial charge in [-0.1, -0.05) is 51.6 Å². The zero-order valence-corrected chi connectivity index (χ0v) is 10.6. The lowest BCUT2D eigenvalue weighted by atomic mass is 9.83. The lowest BCUT2D eigenvalue weighted by molar-refractivity contribution is 0.439. The highest BCUT2D eigenvalue weighted by atomic mass is 35.5. The largest absolute Gasteiger partial charge is 0.261 e. The van der Waals surface area contributed by atoms with Crippen molar-refractivity contribution in [2.45, 2.75) is 51.9 Å². The molecule has 0 bridgehead atoms. The molecule has 1 aromatic heterocycles. The molecule has 0 aliphatic heterocycles. The van der Waals surface area contributed by atoms with Crippen LogP contribution in [0.1, 0.15) is 52.1 Å². The second-order valence-corrected chi connectivity index (χ2v) is 5.14. The Kier molecular flexibility index (Phi) is 4.59. The predicted molar refractivity (Wildman–Crippen MR) is 66.4 cm³/mol. The second-order valence-electron chi connectivity index (χ2n) is 4.70. The third-order valence-electron chi connectivity index (χ3n) is 2.82. The van der Waals surface area contributed by atoms with Gasteiger partial charge in [-0.2, -0.15) is 0 Å². The van der Waals surface area contributed by atoms with E-state index in [4.69, 9.17) is 11.6 Å². The van der Waals surface area contributed by atoms with Crippen LogP contribution in [0.3, 0.4) is 0 Å². The molecule has 0 N–H and O–H groups in total. The summed E-state index contributed by atoms with van der Waals surface area (Å²) < 4.78 is 0. The Hall–Kier alpha value is -0.560. The number of halogens is 1. The number of pyridine rings is 1. The van der Waals surface area contributed by atoms with Gasteiger partial charge in [-0.3, -0.25) is 4.98 Å². The second kappa shape index (κ2) is 5.50. The minimum atomic E-state index is 0.139. The van der Waals surface area contributed by atoms with E-state index in [9.17, 15) is 0 Å². The monoisotopic (exact) mass is 225 g/mol. The molecular formula is C13H20ClN. The first-order valence-corrected chi connectivity index (χ1v) is 6.06. The van der Waals surface area contributed by atoms with E-state index < -0.39 is 0 Å². The van der Waals surface area contributed by atoms with E-state index in [1.165, 1.54) is 25.7 Å². The van der Waals surface area contributed by atoms with E-state index in [-0.39, 0.29) is 5.41 Å². The van der Waals surface area contributed by atoms with E-state index >= 15 is 0 Å². The third kappa shape index (κ3) is 3.83. The van der Waals surface area contributed by atoms with Crippen molar-refractivity contribution in [1.82, 2.24) is 4.98 Å². The Labute approximate surface area is 97.9 Å². The zero-order valence-electron chi connectivity index (χ0n) is 9.89. The summed E-state index contributed by atoms with van der Waals surface area (Å²) in [5.74, 6) is 0. The molecule has 0 saturated carbocycles. The lowest BCUT2D eigenvalue weighted by Gasteiger charge is -2.24. The molecular weight excluding hydrogens is 206 g/mol. The Morgan fingerprint density at radius 3 is 2.67 bits per heavy atom. The van der Waals surface area contributed by atoms with Crippen LogP contribution in [0, 0.1) is 0 Å². The molecule has 1 heterocycles. The molecule has 1 aromatic rings. The Bertz CT molecular complexity index is 307. The van der Waals surface area contributed by atoms with Gasteiger partial charge < -0.3 is 0 Å². The molecule has 0 saturated heterocycles. The van der Waals surface area contributed by atoms with Crippen molar-refractivity contribution in [1.29, 1.82) is 0 Å². The molecule has 0 aliphatic carbocycles. The molecule has 84 valence electrons. The molecule has 0 aliphatic rings. The molecule has 15 heavy (non-hydrogen) atoms. The topological polar surface area (TPSA) is 12.9 Å². The molecule has 0 radical (unpaired) electrons. The van der Waals surface area contributed by atoms with Crippen molar-refractivity contribution < 1.29 is 0 Å². The van der Waals surface area contributed by atoms with E-state index in [0.717, 1.165) is 10.7 Å². The van der Waals surface area contributed by atoms with Crippen LogP contribution < -0.4 is 0 Å². The molecule has 1 nitrogen and oxygen atoms in total. The quantitative estimate of drug-likeness (QED) is 0.668. The maximum absolute atomic E-state index is 5.97. The van der Waals surface area contributed by atoms with Crippen molar-refractivity contribution >= 4 is 11.6 Å². The summed E-state index contributed by atoms with van der Waals surface area (Å²) in [6.45, 7) is 6.70. The van der Waals surface area contributed by atoms with Gasteiger partial charge in [0.1, 0.15) is 0 Å². The van der Waals surface area contributed by atoms with Gasteiger partial charge >= 0.3 is 0 Å². The van der Waals surface area contributed by atoms with Crippen LogP contribution in [-0.2, 0) is 5.41 Å². The summed E-state index contributed by atoms with van der Waals surface area (Å²) in [7, 11) is 0. The summed E-state index contributed by atoms with van der Waals surface area (Å²) in [6, 6.07) is 3.81. The number of unbranched alkanes of at least 4 members (excludes halogenated alkanes) is 2. The maximum atomic E-state index is 5.97. The van der Waals surface area contributed by atoms with Crippen molar-refractivity contribution in [2.24, 2.45) is 0 Å². The van der Waals surface area contributed by atoms with Crippen LogP contribution in [0.4, 0.5) is 0 Å². The van der Waals surface area contributed by atoms with Crippen LogP contribution in [0.5, 0.6) is 0 Å². The number of hydrogen-bond acceptors (Lipinski definition) is 1. The van der Waals surface area contributed by atoms with Gasteiger partial charge in [0.15, 0.2) is 0 Å². The molecule has 2 heteroatoms. The molecule has 0 spiro atoms. The van der Waals surface area contributed by atoms with Crippen LogP contribution >= 0.6 is 11.6 Å². The summed E-state index contributed by atoms with van der Waals surface area (Å²) in [4.78, 5) is 4.41. The van der Waals surface area contributed by atoms with E-state index in [1.807, 2.05) is 12.1 Å². The number of rotatable bonds is 5. The Morgan fingerprint density at radius 2 is 2.07 bits per heavy atom. The van der Waals surface area contributed by atoms with Gasteiger partial charge in [-0.25, -0.2) is 0 Å². The van der Waals surface area contributed by atoms with Crippen LogP contribution in [0.15, 0.2) is 18.3 Å². The summed E-state index contributed by atoms with van der Waals surface area (Å²) in [5, 5.41) is 0.781. The van der Waals surface area contributed by atoms with Crippen molar-refractivity contribution in [3.8, 4) is 0 Å². The van der Waals surface area contributed by atoms with Crippen molar-refractivity contribution in [3.05, 3.63) is 29.0 Å². The fraction of sp³-hybridized carbons (Fsp3) is 0.615. The molecule has 0 amide bonds. The van der Waals surface area contributed by atoms with Gasteiger partial charge in [-0.15, -0.1) is 0 Å². The van der Waals surface area contributed by atoms with Gasteiger partial charge in [0.2, 0.25) is 0 Å². The first kappa shape index (κ1) is 12.5. The number of aromatic nitrogens is 1. The fourth-order valence-electron chi connectivity index (χ4n) is 1.72. The van der Waals surface area contributed by atoms with E-state index in [0.29, 0.717) is 0 Å². The Balaban J connectivity index is 2.67. The molecule has 0 fully saturated rings. The average molecular weight is 226 g/mol. The molecule has 0 atom stereocenters. The maximum Gasteiger partial charge on any atom is 0.0474 e. The average Bonchev–Trinajstić information content (AvgIpc) is 2.18. The van der Waals surface area contributed by atoms with Gasteiger partial charge in [0.05, 0.1) is 0 Å². The normalized spacial score (nSPS) is 11.7. The standard InChI is InChI=1S/C13H20ClN/c1-4-5-6-8-13(2,3)12-10-11(14)7-9-15-12/h7,9-10H,4-6,8H2,1-3H3. The number of hydrogen-bond donors (Lipinski definition) is 0. The molecule has 1 rings (SSSR count). The molecule has 0 aromatic carbocycles. The molecule has 0 unspecified atom stereocenters. The fourth-order valence-corrected chi connectivity index (χ4v) is 1.88. The summed E-state index contributed by atoms with van der Waals surface area (Å²) in [5.41, 5.74) is 1.24. The van der Waals surface area contributed by atoms with Crippen molar-refractivity contribution in [2.75, 3.05) is 0 Å². The van der Waals surface area contributed by atoms with Gasteiger partial charge in [-0.05, 0) is 18.6 Å². The third-order valence-corrected chi connectivity index (χ3v) is 3.06. The van der Waals surface area contributed by atoms with Gasteiger partial charge in [0.25, 0.3) is 0 Å². The van der Waals surface area contributed by atoms with E-state index in [2.05, 4.69) is 25.8 Å². The SMILES string of the molecule is CCCCCC(C)(C)c1cc(Cl)ccn1. The summed E-state index contributed by atoms with van der Waals surface area (Å²) in [6.07, 6.45) is 6.79. The lowest BCUT2D eigenvalue weighted by Crippen LogP contribution is -2.18. The first-order valence-electron chi connectivity index (χ1n) is 5.68. The first-order chi connectivity index (χ1) is 7.06. The smallest absolute Gasteiger partial charge is 0.0474 e. The summed E-state index contributed by atoms with van der Waals surface area (Å²) >= 11 is 5.97. The Morgan fingerprint density at radius 1 is 1.33 bits per heavy atom.